The number of hydrogen-bond donors (Lipinski definition) is 1. The second kappa shape index (κ2) is 4.07. The summed E-state index contributed by atoms with van der Waals surface area (Å²) >= 11 is 0. The van der Waals surface area contributed by atoms with Crippen LogP contribution < -0.4 is 5.48 Å². The summed E-state index contributed by atoms with van der Waals surface area (Å²) in [6.45, 7) is 0. The number of para-hydroxylation sites is 1. The van der Waals surface area contributed by atoms with Gasteiger partial charge in [0, 0.05) is 0 Å². The number of nitrogens with one attached hydrogen (secondary N) is 1. The van der Waals surface area contributed by atoms with Gasteiger partial charge in [0.15, 0.2) is 0 Å². The molecule has 0 unspecified atom stereocenters. The van der Waals surface area contributed by atoms with Crippen molar-refractivity contribution in [2.45, 2.75) is 5.51 Å². The molecule has 84 valence electrons. The molecule has 1 aromatic carbocycles. The Labute approximate surface area is 83.7 Å². The van der Waals surface area contributed by atoms with Gasteiger partial charge in [-0.2, -0.15) is 21.6 Å². The van der Waals surface area contributed by atoms with E-state index >= 15 is 0 Å². The molecule has 15 heavy (non-hydrogen) atoms. The summed E-state index contributed by atoms with van der Waals surface area (Å²) in [5.41, 5.74) is -3.65. The van der Waals surface area contributed by atoms with Crippen LogP contribution in [-0.2, 0) is 14.4 Å². The Morgan fingerprint density at radius 2 is 1.67 bits per heavy atom. The molecule has 0 aliphatic heterocycles. The Hall–Kier alpha value is -1.28. The molecule has 0 fully saturated rings. The van der Waals surface area contributed by atoms with E-state index in [1.54, 1.807) is 11.5 Å². The van der Waals surface area contributed by atoms with Gasteiger partial charge < -0.3 is 0 Å². The van der Waals surface area contributed by atoms with Crippen molar-refractivity contribution in [3.8, 4) is 0 Å². The molecule has 0 aliphatic rings. The molecule has 1 aromatic rings. The maximum atomic E-state index is 11.8. The van der Waals surface area contributed by atoms with Crippen LogP contribution in [0.15, 0.2) is 30.3 Å². The van der Waals surface area contributed by atoms with Crippen LogP contribution in [0.25, 0.3) is 0 Å². The first-order valence-corrected chi connectivity index (χ1v) is 5.04. The lowest BCUT2D eigenvalue weighted by Gasteiger charge is -2.08. The van der Waals surface area contributed by atoms with E-state index in [0.717, 1.165) is 0 Å². The van der Waals surface area contributed by atoms with Gasteiger partial charge in [-0.1, -0.05) is 18.2 Å². The van der Waals surface area contributed by atoms with Crippen LogP contribution in [0.5, 0.6) is 0 Å². The molecule has 0 heterocycles. The van der Waals surface area contributed by atoms with Gasteiger partial charge in [0.05, 0.1) is 5.69 Å². The summed E-state index contributed by atoms with van der Waals surface area (Å²) in [7, 11) is -5.61. The van der Waals surface area contributed by atoms with Crippen LogP contribution in [0.4, 0.5) is 18.9 Å². The van der Waals surface area contributed by atoms with Crippen molar-refractivity contribution in [3.63, 3.8) is 0 Å². The molecule has 0 saturated heterocycles. The summed E-state index contributed by atoms with van der Waals surface area (Å²) in [6.07, 6.45) is 0. The Morgan fingerprint density at radius 1 is 1.13 bits per heavy atom. The molecule has 0 atom stereocenters. The quantitative estimate of drug-likeness (QED) is 0.648. The van der Waals surface area contributed by atoms with Crippen molar-refractivity contribution in [2.75, 3.05) is 5.48 Å². The first kappa shape index (κ1) is 11.8. The summed E-state index contributed by atoms with van der Waals surface area (Å²) < 4.78 is 59.8. The molecular formula is C7H6F3NO3S. The van der Waals surface area contributed by atoms with E-state index in [-0.39, 0.29) is 5.69 Å². The third kappa shape index (κ3) is 3.10. The lowest BCUT2D eigenvalue weighted by atomic mass is 10.3. The lowest BCUT2D eigenvalue weighted by molar-refractivity contribution is -0.0526. The number of hydrogen-bond acceptors (Lipinski definition) is 4. The number of alkyl halides is 3. The molecule has 0 bridgehead atoms. The summed E-state index contributed by atoms with van der Waals surface area (Å²) in [5.74, 6) is 0. The van der Waals surface area contributed by atoms with Crippen LogP contribution in [0.3, 0.4) is 0 Å². The smallest absolute Gasteiger partial charge is 0.249 e. The standard InChI is InChI=1S/C7H6F3NO3S/c8-7(9,10)15(12,13)14-11-6-4-2-1-3-5-6/h1-5,11H. The van der Waals surface area contributed by atoms with Crippen LogP contribution in [0.1, 0.15) is 0 Å². The molecule has 0 amide bonds. The fourth-order valence-corrected chi connectivity index (χ4v) is 0.957. The minimum atomic E-state index is -5.61. The summed E-state index contributed by atoms with van der Waals surface area (Å²) in [5, 5.41) is 0. The molecular weight excluding hydrogens is 235 g/mol. The van der Waals surface area contributed by atoms with Gasteiger partial charge in [0.25, 0.3) is 0 Å². The van der Waals surface area contributed by atoms with E-state index in [4.69, 9.17) is 0 Å². The Balaban J connectivity index is 2.67. The van der Waals surface area contributed by atoms with Crippen LogP contribution in [0.2, 0.25) is 0 Å². The molecule has 0 radical (unpaired) electrons. The number of halogens is 3. The third-order valence-electron chi connectivity index (χ3n) is 1.33. The minimum Gasteiger partial charge on any atom is -0.249 e. The van der Waals surface area contributed by atoms with E-state index in [1.165, 1.54) is 24.3 Å². The maximum absolute atomic E-state index is 11.8. The SMILES string of the molecule is O=S(=O)(ONc1ccccc1)C(F)(F)F. The predicted octanol–water partition coefficient (Wildman–Crippen LogP) is 1.88. The molecule has 0 aromatic heterocycles. The van der Waals surface area contributed by atoms with Gasteiger partial charge in [0.1, 0.15) is 0 Å². The maximum Gasteiger partial charge on any atom is 0.525 e. The summed E-state index contributed by atoms with van der Waals surface area (Å²) in [6, 6.07) is 7.33. The van der Waals surface area contributed by atoms with E-state index in [9.17, 15) is 21.6 Å². The fraction of sp³-hybridized carbons (Fsp3) is 0.143. The fourth-order valence-electron chi connectivity index (χ4n) is 0.656. The third-order valence-corrected chi connectivity index (χ3v) is 2.20. The van der Waals surface area contributed by atoms with E-state index in [2.05, 4.69) is 4.28 Å². The van der Waals surface area contributed by atoms with Gasteiger partial charge in [-0.3, -0.25) is 0 Å². The van der Waals surface area contributed by atoms with Crippen LogP contribution in [0, 0.1) is 0 Å². The molecule has 1 N–H and O–H groups in total. The van der Waals surface area contributed by atoms with Gasteiger partial charge in [-0.15, -0.1) is 4.28 Å². The largest absolute Gasteiger partial charge is 0.525 e. The van der Waals surface area contributed by atoms with Crippen molar-refractivity contribution in [1.82, 2.24) is 0 Å². The average Bonchev–Trinajstić information content (AvgIpc) is 2.15. The lowest BCUT2D eigenvalue weighted by Crippen LogP contribution is -2.27. The number of benzene rings is 1. The average molecular weight is 241 g/mol. The second-order valence-electron chi connectivity index (χ2n) is 2.45. The first-order chi connectivity index (χ1) is 6.83. The Morgan fingerprint density at radius 3 is 2.13 bits per heavy atom. The molecule has 4 nitrogen and oxygen atoms in total. The van der Waals surface area contributed by atoms with Gasteiger partial charge in [-0.25, -0.2) is 5.48 Å². The zero-order valence-corrected chi connectivity index (χ0v) is 7.97. The Kier molecular flexibility index (Phi) is 3.20. The normalized spacial score (nSPS) is 12.5. The minimum absolute atomic E-state index is 0.102. The summed E-state index contributed by atoms with van der Waals surface area (Å²) in [4.78, 5) is 0. The first-order valence-electron chi connectivity index (χ1n) is 3.64. The molecule has 0 spiro atoms. The predicted molar refractivity (Wildman–Crippen MR) is 46.1 cm³/mol. The highest BCUT2D eigenvalue weighted by molar-refractivity contribution is 7.87. The second-order valence-corrected chi connectivity index (χ2v) is 3.99. The highest BCUT2D eigenvalue weighted by Gasteiger charge is 2.48. The van der Waals surface area contributed by atoms with E-state index < -0.39 is 15.6 Å². The van der Waals surface area contributed by atoms with Gasteiger partial charge in [-0.05, 0) is 12.1 Å². The van der Waals surface area contributed by atoms with E-state index in [1.807, 2.05) is 0 Å². The van der Waals surface area contributed by atoms with Gasteiger partial charge >= 0.3 is 15.6 Å². The number of rotatable bonds is 3. The van der Waals surface area contributed by atoms with Crippen molar-refractivity contribution in [2.24, 2.45) is 0 Å². The Bertz CT molecular complexity index is 415. The van der Waals surface area contributed by atoms with Crippen LogP contribution >= 0.6 is 0 Å². The highest BCUT2D eigenvalue weighted by Crippen LogP contribution is 2.24. The van der Waals surface area contributed by atoms with Crippen molar-refractivity contribution < 1.29 is 25.9 Å². The van der Waals surface area contributed by atoms with Crippen molar-refractivity contribution in [1.29, 1.82) is 0 Å². The molecule has 0 aliphatic carbocycles. The molecule has 8 heteroatoms. The van der Waals surface area contributed by atoms with Gasteiger partial charge in [0.2, 0.25) is 0 Å². The molecule has 0 saturated carbocycles. The van der Waals surface area contributed by atoms with E-state index in [0.29, 0.717) is 0 Å². The van der Waals surface area contributed by atoms with Crippen molar-refractivity contribution >= 4 is 15.8 Å². The highest BCUT2D eigenvalue weighted by atomic mass is 32.2. The zero-order chi connectivity index (χ0) is 11.5. The van der Waals surface area contributed by atoms with Crippen LogP contribution in [-0.4, -0.2) is 13.9 Å². The molecule has 1 rings (SSSR count). The zero-order valence-electron chi connectivity index (χ0n) is 7.15. The topological polar surface area (TPSA) is 55.4 Å². The monoisotopic (exact) mass is 241 g/mol. The number of anilines is 1. The van der Waals surface area contributed by atoms with Crippen molar-refractivity contribution in [3.05, 3.63) is 30.3 Å².